The Labute approximate surface area is 125 Å². The van der Waals surface area contributed by atoms with Gasteiger partial charge in [0.25, 0.3) is 0 Å². The Hall–Kier alpha value is -2.01. The number of hydrogen-bond acceptors (Lipinski definition) is 4. The zero-order valence-electron chi connectivity index (χ0n) is 12.9. The highest BCUT2D eigenvalue weighted by molar-refractivity contribution is 5.50. The van der Waals surface area contributed by atoms with Crippen molar-refractivity contribution in [2.75, 3.05) is 20.8 Å². The predicted molar refractivity (Wildman–Crippen MR) is 83.4 cm³/mol. The van der Waals surface area contributed by atoms with Crippen molar-refractivity contribution in [2.45, 2.75) is 26.2 Å². The molecular weight excluding hydrogens is 266 g/mol. The molecule has 0 spiro atoms. The average molecular weight is 289 g/mol. The Morgan fingerprint density at radius 3 is 2.57 bits per heavy atom. The van der Waals surface area contributed by atoms with Crippen molar-refractivity contribution in [3.8, 4) is 17.3 Å². The van der Waals surface area contributed by atoms with Crippen molar-refractivity contribution in [2.24, 2.45) is 5.73 Å². The lowest BCUT2D eigenvalue weighted by Gasteiger charge is -2.11. The van der Waals surface area contributed by atoms with Gasteiger partial charge in [-0.1, -0.05) is 19.1 Å². The lowest BCUT2D eigenvalue weighted by atomic mass is 10.1. The lowest BCUT2D eigenvalue weighted by molar-refractivity contribution is 0.372. The maximum absolute atomic E-state index is 5.63. The zero-order valence-corrected chi connectivity index (χ0v) is 12.9. The molecule has 2 aromatic rings. The third-order valence-corrected chi connectivity index (χ3v) is 3.49. The highest BCUT2D eigenvalue weighted by Crippen LogP contribution is 2.31. The van der Waals surface area contributed by atoms with Gasteiger partial charge in [0.15, 0.2) is 0 Å². The minimum Gasteiger partial charge on any atom is -0.494 e. The maximum Gasteiger partial charge on any atom is 0.220 e. The number of aryl methyl sites for hydroxylation is 1. The molecule has 2 rings (SSSR count). The van der Waals surface area contributed by atoms with E-state index in [0.29, 0.717) is 6.54 Å². The fourth-order valence-electron chi connectivity index (χ4n) is 2.47. The summed E-state index contributed by atoms with van der Waals surface area (Å²) in [4.78, 5) is 0. The summed E-state index contributed by atoms with van der Waals surface area (Å²) in [5, 5.41) is 4.70. The third kappa shape index (κ3) is 3.03. The van der Waals surface area contributed by atoms with Gasteiger partial charge in [-0.15, -0.1) is 0 Å². The van der Waals surface area contributed by atoms with E-state index in [-0.39, 0.29) is 0 Å². The molecule has 1 aromatic carbocycles. The molecule has 1 aromatic heterocycles. The second-order valence-electron chi connectivity index (χ2n) is 4.76. The summed E-state index contributed by atoms with van der Waals surface area (Å²) < 4.78 is 12.9. The molecule has 5 heteroatoms. The van der Waals surface area contributed by atoms with Gasteiger partial charge in [0.1, 0.15) is 11.4 Å². The van der Waals surface area contributed by atoms with Crippen LogP contribution in [0.3, 0.4) is 0 Å². The number of rotatable bonds is 7. The summed E-state index contributed by atoms with van der Waals surface area (Å²) in [6.45, 7) is 2.76. The van der Waals surface area contributed by atoms with Crippen LogP contribution < -0.4 is 15.2 Å². The zero-order chi connectivity index (χ0) is 15.2. The van der Waals surface area contributed by atoms with Gasteiger partial charge in [0.05, 0.1) is 19.9 Å². The molecule has 5 nitrogen and oxygen atoms in total. The molecular formula is C16H23N3O2. The van der Waals surface area contributed by atoms with Crippen LogP contribution in [0.1, 0.15) is 24.6 Å². The summed E-state index contributed by atoms with van der Waals surface area (Å²) >= 11 is 0. The average Bonchev–Trinajstić information content (AvgIpc) is 2.90. The van der Waals surface area contributed by atoms with Gasteiger partial charge in [-0.05, 0) is 37.9 Å². The molecule has 0 radical (unpaired) electrons. The van der Waals surface area contributed by atoms with E-state index in [1.165, 1.54) is 0 Å². The largest absolute Gasteiger partial charge is 0.494 e. The highest BCUT2D eigenvalue weighted by Gasteiger charge is 2.20. The summed E-state index contributed by atoms with van der Waals surface area (Å²) in [7, 11) is 3.33. The van der Waals surface area contributed by atoms with E-state index >= 15 is 0 Å². The fourth-order valence-corrected chi connectivity index (χ4v) is 2.47. The molecule has 0 unspecified atom stereocenters. The number of nitrogens with zero attached hydrogens (tertiary/aromatic N) is 2. The predicted octanol–water partition coefficient (Wildman–Crippen LogP) is 2.34. The fraction of sp³-hybridized carbons (Fsp3) is 0.438. The topological polar surface area (TPSA) is 62.3 Å². The molecule has 0 fully saturated rings. The van der Waals surface area contributed by atoms with Crippen LogP contribution in [0.25, 0.3) is 5.69 Å². The van der Waals surface area contributed by atoms with E-state index in [9.17, 15) is 0 Å². The minimum atomic E-state index is 0.659. The van der Waals surface area contributed by atoms with Crippen LogP contribution in [-0.4, -0.2) is 30.5 Å². The van der Waals surface area contributed by atoms with Crippen molar-refractivity contribution >= 4 is 0 Å². The van der Waals surface area contributed by atoms with E-state index in [2.05, 4.69) is 6.92 Å². The normalized spacial score (nSPS) is 10.7. The molecule has 21 heavy (non-hydrogen) atoms. The first-order valence-electron chi connectivity index (χ1n) is 7.25. The van der Waals surface area contributed by atoms with Gasteiger partial charge < -0.3 is 15.2 Å². The summed E-state index contributed by atoms with van der Waals surface area (Å²) in [6.07, 6.45) is 2.65. The van der Waals surface area contributed by atoms with Gasteiger partial charge >= 0.3 is 0 Å². The molecule has 0 saturated carbocycles. The van der Waals surface area contributed by atoms with Crippen LogP contribution in [0.4, 0.5) is 0 Å². The van der Waals surface area contributed by atoms with Crippen molar-refractivity contribution in [3.05, 3.63) is 35.5 Å². The second kappa shape index (κ2) is 7.13. The lowest BCUT2D eigenvalue weighted by Crippen LogP contribution is -2.04. The molecule has 0 aliphatic heterocycles. The van der Waals surface area contributed by atoms with Crippen molar-refractivity contribution < 1.29 is 9.47 Å². The number of benzene rings is 1. The number of methoxy groups -OCH3 is 2. The Kier molecular flexibility index (Phi) is 5.22. The molecule has 1 heterocycles. The van der Waals surface area contributed by atoms with Crippen LogP contribution in [-0.2, 0) is 12.8 Å². The first-order chi connectivity index (χ1) is 10.3. The standard InChI is InChI=1S/C16H23N3O2/c1-4-13-12(8-7-11-17)16(21-3)19(18-13)14-9-5-6-10-15(14)20-2/h5-6,9-10H,4,7-8,11,17H2,1-3H3. The molecule has 114 valence electrons. The first-order valence-corrected chi connectivity index (χ1v) is 7.25. The number of nitrogens with two attached hydrogens (primary N) is 1. The molecule has 0 amide bonds. The van der Waals surface area contributed by atoms with Crippen LogP contribution in [0.15, 0.2) is 24.3 Å². The van der Waals surface area contributed by atoms with Crippen molar-refractivity contribution in [1.82, 2.24) is 9.78 Å². The number of para-hydroxylation sites is 2. The SMILES string of the molecule is CCc1nn(-c2ccccc2OC)c(OC)c1CCCN. The van der Waals surface area contributed by atoms with Crippen molar-refractivity contribution in [1.29, 1.82) is 0 Å². The van der Waals surface area contributed by atoms with Gasteiger partial charge in [0.2, 0.25) is 5.88 Å². The van der Waals surface area contributed by atoms with Crippen LogP contribution >= 0.6 is 0 Å². The quantitative estimate of drug-likeness (QED) is 0.850. The van der Waals surface area contributed by atoms with Crippen LogP contribution in [0.5, 0.6) is 11.6 Å². The van der Waals surface area contributed by atoms with Crippen molar-refractivity contribution in [3.63, 3.8) is 0 Å². The summed E-state index contributed by atoms with van der Waals surface area (Å²) in [5.74, 6) is 1.54. The van der Waals surface area contributed by atoms with Crippen LogP contribution in [0.2, 0.25) is 0 Å². The molecule has 0 atom stereocenters. The molecule has 0 bridgehead atoms. The van der Waals surface area contributed by atoms with Gasteiger partial charge in [-0.2, -0.15) is 9.78 Å². The molecule has 0 aliphatic rings. The smallest absolute Gasteiger partial charge is 0.220 e. The van der Waals surface area contributed by atoms with E-state index in [0.717, 1.165) is 47.8 Å². The monoisotopic (exact) mass is 289 g/mol. The minimum absolute atomic E-state index is 0.659. The van der Waals surface area contributed by atoms with Gasteiger partial charge in [0, 0.05) is 5.56 Å². The first kappa shape index (κ1) is 15.4. The maximum atomic E-state index is 5.63. The molecule has 0 aliphatic carbocycles. The van der Waals surface area contributed by atoms with E-state index in [1.807, 2.05) is 28.9 Å². The second-order valence-corrected chi connectivity index (χ2v) is 4.76. The van der Waals surface area contributed by atoms with Gasteiger partial charge in [-0.25, -0.2) is 0 Å². The Morgan fingerprint density at radius 1 is 1.19 bits per heavy atom. The number of ether oxygens (including phenoxy) is 2. The molecule has 2 N–H and O–H groups in total. The Bertz CT molecular complexity index is 593. The summed E-state index contributed by atoms with van der Waals surface area (Å²) in [6, 6.07) is 7.79. The van der Waals surface area contributed by atoms with Gasteiger partial charge in [-0.3, -0.25) is 0 Å². The third-order valence-electron chi connectivity index (χ3n) is 3.49. The molecule has 0 saturated heterocycles. The number of hydrogen-bond donors (Lipinski definition) is 1. The summed E-state index contributed by atoms with van der Waals surface area (Å²) in [5.41, 5.74) is 8.70. The van der Waals surface area contributed by atoms with E-state index in [4.69, 9.17) is 20.3 Å². The highest BCUT2D eigenvalue weighted by atomic mass is 16.5. The van der Waals surface area contributed by atoms with Crippen LogP contribution in [0, 0.1) is 0 Å². The van der Waals surface area contributed by atoms with E-state index in [1.54, 1.807) is 14.2 Å². The number of aromatic nitrogens is 2. The Balaban J connectivity index is 2.55. The Morgan fingerprint density at radius 2 is 1.95 bits per heavy atom. The van der Waals surface area contributed by atoms with E-state index < -0.39 is 0 Å².